The van der Waals surface area contributed by atoms with Crippen LogP contribution in [0.3, 0.4) is 0 Å². The number of hydrogen-bond donors (Lipinski definition) is 3. The van der Waals surface area contributed by atoms with E-state index in [1.165, 1.54) is 0 Å². The van der Waals surface area contributed by atoms with Crippen LogP contribution < -0.4 is 15.4 Å². The van der Waals surface area contributed by atoms with Gasteiger partial charge in [0.15, 0.2) is 5.96 Å². The van der Waals surface area contributed by atoms with Crippen LogP contribution in [-0.2, 0) is 16.6 Å². The Morgan fingerprint density at radius 2 is 2.05 bits per heavy atom. The highest BCUT2D eigenvalue weighted by molar-refractivity contribution is 7.88. The Morgan fingerprint density at radius 1 is 1.30 bits per heavy atom. The van der Waals surface area contributed by atoms with E-state index in [-0.39, 0.29) is 0 Å². The smallest absolute Gasteiger partial charge is 0.208 e. The molecular weight excluding hydrogens is 300 g/mol. The van der Waals surface area contributed by atoms with Crippen molar-refractivity contribution in [3.05, 3.63) is 34.9 Å². The van der Waals surface area contributed by atoms with Gasteiger partial charge in [-0.25, -0.2) is 13.1 Å². The Morgan fingerprint density at radius 3 is 2.65 bits per heavy atom. The minimum Gasteiger partial charge on any atom is -0.355 e. The minimum atomic E-state index is -3.15. The minimum absolute atomic E-state index is 0.302. The SMILES string of the molecule is CN=C(NCCNS(C)(=O)=O)NCc1cccc(Cl)c1. The van der Waals surface area contributed by atoms with Gasteiger partial charge in [-0.1, -0.05) is 23.7 Å². The number of nitrogens with zero attached hydrogens (tertiary/aromatic N) is 1. The fourth-order valence-corrected chi connectivity index (χ4v) is 2.16. The van der Waals surface area contributed by atoms with Gasteiger partial charge in [0, 0.05) is 31.7 Å². The maximum Gasteiger partial charge on any atom is 0.208 e. The number of nitrogens with one attached hydrogen (secondary N) is 3. The molecule has 0 aliphatic rings. The molecule has 0 spiro atoms. The summed E-state index contributed by atoms with van der Waals surface area (Å²) in [6, 6.07) is 7.52. The lowest BCUT2D eigenvalue weighted by atomic mass is 10.2. The molecule has 1 aromatic rings. The molecule has 0 amide bonds. The van der Waals surface area contributed by atoms with Crippen LogP contribution >= 0.6 is 11.6 Å². The van der Waals surface area contributed by atoms with Crippen molar-refractivity contribution in [2.45, 2.75) is 6.54 Å². The number of guanidine groups is 1. The van der Waals surface area contributed by atoms with Crippen LogP contribution in [0.4, 0.5) is 0 Å². The first-order chi connectivity index (χ1) is 9.40. The third-order valence-corrected chi connectivity index (χ3v) is 3.32. The topological polar surface area (TPSA) is 82.6 Å². The van der Waals surface area contributed by atoms with Gasteiger partial charge in [-0.2, -0.15) is 0 Å². The van der Waals surface area contributed by atoms with Gasteiger partial charge in [-0.3, -0.25) is 4.99 Å². The summed E-state index contributed by atoms with van der Waals surface area (Å²) in [4.78, 5) is 4.04. The van der Waals surface area contributed by atoms with Gasteiger partial charge in [0.25, 0.3) is 0 Å². The lowest BCUT2D eigenvalue weighted by molar-refractivity contribution is 0.586. The van der Waals surface area contributed by atoms with Gasteiger partial charge < -0.3 is 10.6 Å². The van der Waals surface area contributed by atoms with Crippen molar-refractivity contribution in [2.75, 3.05) is 26.4 Å². The molecule has 0 heterocycles. The molecule has 0 unspecified atom stereocenters. The summed E-state index contributed by atoms with van der Waals surface area (Å²) in [7, 11) is -1.50. The molecule has 0 radical (unpaired) electrons. The van der Waals surface area contributed by atoms with Gasteiger partial charge in [0.05, 0.1) is 6.26 Å². The van der Waals surface area contributed by atoms with Crippen molar-refractivity contribution in [3.8, 4) is 0 Å². The average molecular weight is 319 g/mol. The largest absolute Gasteiger partial charge is 0.355 e. The molecule has 0 fully saturated rings. The Kier molecular flexibility index (Phi) is 6.77. The van der Waals surface area contributed by atoms with Crippen LogP contribution in [-0.4, -0.2) is 40.8 Å². The van der Waals surface area contributed by atoms with Crippen molar-refractivity contribution < 1.29 is 8.42 Å². The summed E-state index contributed by atoms with van der Waals surface area (Å²) < 4.78 is 24.2. The Labute approximate surface area is 124 Å². The van der Waals surface area contributed by atoms with Crippen LogP contribution in [0.2, 0.25) is 5.02 Å². The molecule has 8 heteroatoms. The average Bonchev–Trinajstić information content (AvgIpc) is 2.37. The first kappa shape index (κ1) is 16.7. The summed E-state index contributed by atoms with van der Waals surface area (Å²) in [5.74, 6) is 0.597. The van der Waals surface area contributed by atoms with Crippen LogP contribution in [0, 0.1) is 0 Å². The zero-order valence-corrected chi connectivity index (χ0v) is 13.1. The van der Waals surface area contributed by atoms with E-state index >= 15 is 0 Å². The molecule has 20 heavy (non-hydrogen) atoms. The summed E-state index contributed by atoms with van der Waals surface area (Å²) in [5, 5.41) is 6.80. The van der Waals surface area contributed by atoms with E-state index in [4.69, 9.17) is 11.6 Å². The van der Waals surface area contributed by atoms with E-state index in [2.05, 4.69) is 20.3 Å². The van der Waals surface area contributed by atoms with E-state index < -0.39 is 10.0 Å². The van der Waals surface area contributed by atoms with E-state index in [0.717, 1.165) is 11.8 Å². The van der Waals surface area contributed by atoms with Gasteiger partial charge in [-0.15, -0.1) is 0 Å². The number of rotatable bonds is 6. The molecule has 6 nitrogen and oxygen atoms in total. The van der Waals surface area contributed by atoms with Gasteiger partial charge in [0.1, 0.15) is 0 Å². The molecule has 0 saturated heterocycles. The second-order valence-corrected chi connectivity index (χ2v) is 6.42. The Hall–Kier alpha value is -1.31. The molecule has 1 aromatic carbocycles. The zero-order valence-electron chi connectivity index (χ0n) is 11.5. The molecule has 112 valence electrons. The molecule has 0 aliphatic carbocycles. The Bertz CT molecular complexity index is 560. The molecule has 3 N–H and O–H groups in total. The molecule has 0 aliphatic heterocycles. The Balaban J connectivity index is 2.33. The first-order valence-electron chi connectivity index (χ1n) is 6.04. The van der Waals surface area contributed by atoms with Crippen LogP contribution in [0.5, 0.6) is 0 Å². The highest BCUT2D eigenvalue weighted by Crippen LogP contribution is 2.09. The quantitative estimate of drug-likeness (QED) is 0.406. The summed E-state index contributed by atoms with van der Waals surface area (Å²) in [6.45, 7) is 1.33. The maximum absolute atomic E-state index is 10.9. The van der Waals surface area contributed by atoms with Gasteiger partial charge >= 0.3 is 0 Å². The third-order valence-electron chi connectivity index (χ3n) is 2.35. The number of halogens is 1. The van der Waals surface area contributed by atoms with E-state index in [1.807, 2.05) is 24.3 Å². The lowest BCUT2D eigenvalue weighted by Crippen LogP contribution is -2.41. The first-order valence-corrected chi connectivity index (χ1v) is 8.31. The van der Waals surface area contributed by atoms with Crippen molar-refractivity contribution in [1.82, 2.24) is 15.4 Å². The summed E-state index contributed by atoms with van der Waals surface area (Å²) in [5.41, 5.74) is 1.04. The van der Waals surface area contributed by atoms with Crippen LogP contribution in [0.15, 0.2) is 29.3 Å². The molecular formula is C12H19ClN4O2S. The maximum atomic E-state index is 10.9. The number of hydrogen-bond acceptors (Lipinski definition) is 3. The van der Waals surface area contributed by atoms with Crippen molar-refractivity contribution in [3.63, 3.8) is 0 Å². The second kappa shape index (κ2) is 8.08. The third kappa shape index (κ3) is 7.32. The molecule has 0 bridgehead atoms. The normalized spacial score (nSPS) is 12.2. The highest BCUT2D eigenvalue weighted by atomic mass is 35.5. The molecule has 0 atom stereocenters. The van der Waals surface area contributed by atoms with Crippen molar-refractivity contribution in [1.29, 1.82) is 0 Å². The van der Waals surface area contributed by atoms with E-state index in [9.17, 15) is 8.42 Å². The van der Waals surface area contributed by atoms with Crippen molar-refractivity contribution in [2.24, 2.45) is 4.99 Å². The number of aliphatic imine (C=N–C) groups is 1. The van der Waals surface area contributed by atoms with Crippen LogP contribution in [0.1, 0.15) is 5.56 Å². The lowest BCUT2D eigenvalue weighted by Gasteiger charge is -2.12. The second-order valence-electron chi connectivity index (χ2n) is 4.15. The molecule has 0 aromatic heterocycles. The fraction of sp³-hybridized carbons (Fsp3) is 0.417. The summed E-state index contributed by atoms with van der Waals surface area (Å²) >= 11 is 5.90. The van der Waals surface area contributed by atoms with Gasteiger partial charge in [-0.05, 0) is 17.7 Å². The monoisotopic (exact) mass is 318 g/mol. The fourth-order valence-electron chi connectivity index (χ4n) is 1.47. The van der Waals surface area contributed by atoms with Crippen molar-refractivity contribution >= 4 is 27.6 Å². The summed E-state index contributed by atoms with van der Waals surface area (Å²) in [6.07, 6.45) is 1.12. The van der Waals surface area contributed by atoms with Gasteiger partial charge in [0.2, 0.25) is 10.0 Å². The predicted octanol–water partition coefficient (Wildman–Crippen LogP) is 0.554. The van der Waals surface area contributed by atoms with E-state index in [0.29, 0.717) is 30.6 Å². The zero-order chi connectivity index (χ0) is 15.0. The molecule has 1 rings (SSSR count). The number of benzene rings is 1. The molecule has 0 saturated carbocycles. The van der Waals surface area contributed by atoms with Crippen LogP contribution in [0.25, 0.3) is 0 Å². The standard InChI is InChI=1S/C12H19ClN4O2S/c1-14-12(15-6-7-17-20(2,18)19)16-9-10-4-3-5-11(13)8-10/h3-5,8,17H,6-7,9H2,1-2H3,(H2,14,15,16). The predicted molar refractivity (Wildman–Crippen MR) is 82.5 cm³/mol. The highest BCUT2D eigenvalue weighted by Gasteiger charge is 2.01. The number of sulfonamides is 1. The van der Waals surface area contributed by atoms with E-state index in [1.54, 1.807) is 7.05 Å².